The molecule has 0 saturated heterocycles. The minimum atomic E-state index is -0.926. The van der Waals surface area contributed by atoms with Crippen molar-refractivity contribution in [3.63, 3.8) is 0 Å². The van der Waals surface area contributed by atoms with Crippen LogP contribution in [0.5, 0.6) is 5.75 Å². The van der Waals surface area contributed by atoms with Crippen molar-refractivity contribution < 1.29 is 19.4 Å². The number of benzene rings is 1. The number of carbonyl (C=O) groups is 2. The third kappa shape index (κ3) is 3.88. The number of methoxy groups -OCH3 is 1. The molecule has 0 radical (unpaired) electrons. The second kappa shape index (κ2) is 6.79. The fraction of sp³-hybridized carbons (Fsp3) is 0.429. The highest BCUT2D eigenvalue weighted by molar-refractivity contribution is 5.97. The lowest BCUT2D eigenvalue weighted by molar-refractivity contribution is -0.142. The maximum atomic E-state index is 12.1. The van der Waals surface area contributed by atoms with Gasteiger partial charge in [-0.3, -0.25) is 9.59 Å². The molecule has 0 aromatic heterocycles. The summed E-state index contributed by atoms with van der Waals surface area (Å²) < 4.78 is 5.09. The summed E-state index contributed by atoms with van der Waals surface area (Å²) in [5, 5.41) is 11.7. The molecule has 1 aromatic carbocycles. The van der Waals surface area contributed by atoms with Gasteiger partial charge in [0.1, 0.15) is 5.75 Å². The summed E-state index contributed by atoms with van der Waals surface area (Å²) in [6.45, 7) is 3.67. The number of aliphatic carboxylic acids is 1. The van der Waals surface area contributed by atoms with E-state index in [1.54, 1.807) is 32.0 Å². The zero-order valence-corrected chi connectivity index (χ0v) is 11.8. The molecular formula is C14H20N2O4. The number of nitrogens with one attached hydrogen (secondary N) is 1. The topological polar surface area (TPSA) is 102 Å². The van der Waals surface area contributed by atoms with E-state index in [0.717, 1.165) is 0 Å². The average Bonchev–Trinajstić information content (AvgIpc) is 2.37. The van der Waals surface area contributed by atoms with Crippen LogP contribution in [0.3, 0.4) is 0 Å². The molecule has 0 heterocycles. The van der Waals surface area contributed by atoms with Crippen molar-refractivity contribution in [3.05, 3.63) is 23.8 Å². The van der Waals surface area contributed by atoms with Crippen LogP contribution in [0.4, 0.5) is 5.69 Å². The number of nitrogen functional groups attached to an aromatic ring is 1. The Hall–Kier alpha value is -2.24. The van der Waals surface area contributed by atoms with Crippen LogP contribution in [-0.4, -0.2) is 30.6 Å². The van der Waals surface area contributed by atoms with E-state index in [-0.39, 0.29) is 18.4 Å². The number of hydrogen-bond acceptors (Lipinski definition) is 4. The zero-order valence-electron chi connectivity index (χ0n) is 11.8. The number of carbonyl (C=O) groups excluding carboxylic acids is 1. The number of nitrogens with two attached hydrogens (primary N) is 1. The molecule has 6 nitrogen and oxygen atoms in total. The number of anilines is 1. The van der Waals surface area contributed by atoms with Gasteiger partial charge < -0.3 is 20.9 Å². The third-order valence-electron chi connectivity index (χ3n) is 3.07. The first-order valence-corrected chi connectivity index (χ1v) is 6.31. The fourth-order valence-corrected chi connectivity index (χ4v) is 1.80. The molecule has 1 rings (SSSR count). The van der Waals surface area contributed by atoms with Gasteiger partial charge in [-0.2, -0.15) is 0 Å². The molecule has 0 bridgehead atoms. The van der Waals surface area contributed by atoms with Gasteiger partial charge in [-0.05, 0) is 18.1 Å². The van der Waals surface area contributed by atoms with Gasteiger partial charge in [0.05, 0.1) is 18.6 Å². The van der Waals surface area contributed by atoms with Crippen LogP contribution in [-0.2, 0) is 4.79 Å². The van der Waals surface area contributed by atoms with Gasteiger partial charge in [0.15, 0.2) is 0 Å². The lowest BCUT2D eigenvalue weighted by Gasteiger charge is -2.17. The summed E-state index contributed by atoms with van der Waals surface area (Å²) in [4.78, 5) is 23.1. The molecule has 0 aliphatic carbocycles. The molecule has 0 aliphatic heterocycles. The van der Waals surface area contributed by atoms with E-state index in [0.29, 0.717) is 17.0 Å². The molecule has 0 fully saturated rings. The second-order valence-electron chi connectivity index (χ2n) is 4.86. The summed E-state index contributed by atoms with van der Waals surface area (Å²) in [5.74, 6) is -1.64. The maximum absolute atomic E-state index is 12.1. The minimum absolute atomic E-state index is 0.0684. The molecule has 4 N–H and O–H groups in total. The van der Waals surface area contributed by atoms with Crippen molar-refractivity contribution in [1.82, 2.24) is 5.32 Å². The zero-order chi connectivity index (χ0) is 15.3. The molecule has 0 aliphatic rings. The predicted molar refractivity (Wildman–Crippen MR) is 75.7 cm³/mol. The Labute approximate surface area is 117 Å². The average molecular weight is 280 g/mol. The minimum Gasteiger partial charge on any atom is -0.496 e. The van der Waals surface area contributed by atoms with E-state index in [1.807, 2.05) is 0 Å². The highest BCUT2D eigenvalue weighted by Gasteiger charge is 2.23. The van der Waals surface area contributed by atoms with Crippen LogP contribution in [0, 0.1) is 11.8 Å². The Kier molecular flexibility index (Phi) is 5.37. The van der Waals surface area contributed by atoms with Crippen LogP contribution >= 0.6 is 0 Å². The number of ether oxygens (including phenoxy) is 1. The van der Waals surface area contributed by atoms with E-state index in [9.17, 15) is 9.59 Å². The fourth-order valence-electron chi connectivity index (χ4n) is 1.80. The Morgan fingerprint density at radius 1 is 1.40 bits per heavy atom. The van der Waals surface area contributed by atoms with Crippen molar-refractivity contribution in [2.24, 2.45) is 11.8 Å². The molecule has 20 heavy (non-hydrogen) atoms. The van der Waals surface area contributed by atoms with Gasteiger partial charge in [-0.1, -0.05) is 13.8 Å². The lowest BCUT2D eigenvalue weighted by Crippen LogP contribution is -2.35. The van der Waals surface area contributed by atoms with Crippen LogP contribution in [0.25, 0.3) is 0 Å². The molecule has 110 valence electrons. The van der Waals surface area contributed by atoms with Crippen LogP contribution < -0.4 is 15.8 Å². The lowest BCUT2D eigenvalue weighted by atomic mass is 9.96. The Bertz CT molecular complexity index is 500. The second-order valence-corrected chi connectivity index (χ2v) is 4.86. The van der Waals surface area contributed by atoms with Crippen LogP contribution in [0.15, 0.2) is 18.2 Å². The predicted octanol–water partition coefficient (Wildman–Crippen LogP) is 1.36. The Morgan fingerprint density at radius 2 is 2.05 bits per heavy atom. The van der Waals surface area contributed by atoms with Crippen molar-refractivity contribution in [2.75, 3.05) is 19.4 Å². The van der Waals surface area contributed by atoms with E-state index < -0.39 is 11.9 Å². The van der Waals surface area contributed by atoms with Gasteiger partial charge in [-0.25, -0.2) is 0 Å². The standard InChI is InChI=1S/C14H20N2O4/c1-8(2)11(14(18)19)7-16-13(17)10-5-4-9(15)6-12(10)20-3/h4-6,8,11H,7,15H2,1-3H3,(H,16,17)(H,18,19). The molecule has 0 spiro atoms. The summed E-state index contributed by atoms with van der Waals surface area (Å²) in [6.07, 6.45) is 0. The summed E-state index contributed by atoms with van der Waals surface area (Å²) in [5.41, 5.74) is 6.43. The SMILES string of the molecule is COc1cc(N)ccc1C(=O)NCC(C(=O)O)C(C)C. The van der Waals surface area contributed by atoms with Gasteiger partial charge in [0.25, 0.3) is 5.91 Å². The van der Waals surface area contributed by atoms with Crippen molar-refractivity contribution in [3.8, 4) is 5.75 Å². The van der Waals surface area contributed by atoms with Crippen molar-refractivity contribution in [1.29, 1.82) is 0 Å². The van der Waals surface area contributed by atoms with E-state index in [1.165, 1.54) is 7.11 Å². The molecule has 0 saturated carbocycles. The number of hydrogen-bond donors (Lipinski definition) is 3. The normalized spacial score (nSPS) is 12.0. The number of amides is 1. The Balaban J connectivity index is 2.79. The highest BCUT2D eigenvalue weighted by atomic mass is 16.5. The smallest absolute Gasteiger partial charge is 0.308 e. The molecule has 1 atom stereocenters. The maximum Gasteiger partial charge on any atom is 0.308 e. The molecule has 1 aromatic rings. The van der Waals surface area contributed by atoms with E-state index in [2.05, 4.69) is 5.32 Å². The van der Waals surface area contributed by atoms with Crippen molar-refractivity contribution >= 4 is 17.6 Å². The van der Waals surface area contributed by atoms with Gasteiger partial charge >= 0.3 is 5.97 Å². The van der Waals surface area contributed by atoms with E-state index >= 15 is 0 Å². The molecule has 1 amide bonds. The van der Waals surface area contributed by atoms with E-state index in [4.69, 9.17) is 15.6 Å². The molecule has 1 unspecified atom stereocenters. The largest absolute Gasteiger partial charge is 0.496 e. The van der Waals surface area contributed by atoms with Crippen molar-refractivity contribution in [2.45, 2.75) is 13.8 Å². The quantitative estimate of drug-likeness (QED) is 0.683. The highest BCUT2D eigenvalue weighted by Crippen LogP contribution is 2.21. The number of carboxylic acid groups (broad SMARTS) is 1. The summed E-state index contributed by atoms with van der Waals surface area (Å²) in [6, 6.07) is 4.69. The van der Waals surface area contributed by atoms with Gasteiger partial charge in [-0.15, -0.1) is 0 Å². The number of carboxylic acids is 1. The first-order valence-electron chi connectivity index (χ1n) is 6.31. The Morgan fingerprint density at radius 3 is 2.55 bits per heavy atom. The first kappa shape index (κ1) is 15.8. The van der Waals surface area contributed by atoms with Gasteiger partial charge in [0.2, 0.25) is 0 Å². The van der Waals surface area contributed by atoms with Crippen LogP contribution in [0.1, 0.15) is 24.2 Å². The summed E-state index contributed by atoms with van der Waals surface area (Å²) in [7, 11) is 1.44. The molecular weight excluding hydrogens is 260 g/mol. The molecule has 6 heteroatoms. The monoisotopic (exact) mass is 280 g/mol. The first-order chi connectivity index (χ1) is 9.36. The third-order valence-corrected chi connectivity index (χ3v) is 3.07. The number of rotatable bonds is 6. The van der Waals surface area contributed by atoms with Gasteiger partial charge in [0, 0.05) is 18.3 Å². The summed E-state index contributed by atoms with van der Waals surface area (Å²) >= 11 is 0. The van der Waals surface area contributed by atoms with Crippen LogP contribution in [0.2, 0.25) is 0 Å².